The maximum absolute atomic E-state index is 12.6. The number of carboxylic acids is 1. The van der Waals surface area contributed by atoms with Crippen molar-refractivity contribution in [1.29, 1.82) is 10.5 Å². The lowest BCUT2D eigenvalue weighted by atomic mass is 10.0. The molecule has 0 amide bonds. The van der Waals surface area contributed by atoms with E-state index in [1.54, 1.807) is 0 Å². The summed E-state index contributed by atoms with van der Waals surface area (Å²) in [7, 11) is 0. The first-order valence-corrected chi connectivity index (χ1v) is 4.14. The number of hydrogen-bond donors (Lipinski definition) is 1. The SMILES string of the molecule is N#CC(C#N)=C(C(=O)O)c1ccc(F)cc1. The van der Waals surface area contributed by atoms with Crippen molar-refractivity contribution in [1.82, 2.24) is 0 Å². The minimum absolute atomic E-state index is 0.118. The van der Waals surface area contributed by atoms with Crippen LogP contribution in [0.4, 0.5) is 4.39 Å². The quantitative estimate of drug-likeness (QED) is 0.602. The fourth-order valence-electron chi connectivity index (χ4n) is 1.13. The molecule has 0 saturated carbocycles. The number of halogens is 1. The van der Waals surface area contributed by atoms with Crippen LogP contribution >= 0.6 is 0 Å². The molecule has 0 radical (unpaired) electrons. The Balaban J connectivity index is 3.42. The number of rotatable bonds is 2. The van der Waals surface area contributed by atoms with Crippen molar-refractivity contribution < 1.29 is 14.3 Å². The standard InChI is InChI=1S/C11H5FN2O2/c12-9-3-1-7(2-4-9)10(11(15)16)8(5-13)6-14/h1-4H,(H,15,16). The highest BCUT2D eigenvalue weighted by atomic mass is 19.1. The number of carbonyl (C=O) groups is 1. The minimum Gasteiger partial charge on any atom is -0.478 e. The van der Waals surface area contributed by atoms with Crippen molar-refractivity contribution in [3.63, 3.8) is 0 Å². The molecule has 16 heavy (non-hydrogen) atoms. The predicted molar refractivity (Wildman–Crippen MR) is 52.2 cm³/mol. The summed E-state index contributed by atoms with van der Waals surface area (Å²) < 4.78 is 12.6. The Kier molecular flexibility index (Phi) is 3.37. The van der Waals surface area contributed by atoms with E-state index >= 15 is 0 Å². The summed E-state index contributed by atoms with van der Waals surface area (Å²) in [5, 5.41) is 26.1. The van der Waals surface area contributed by atoms with Gasteiger partial charge in [-0.2, -0.15) is 10.5 Å². The van der Waals surface area contributed by atoms with E-state index in [0.717, 1.165) is 12.1 Å². The van der Waals surface area contributed by atoms with Gasteiger partial charge in [-0.15, -0.1) is 0 Å². The van der Waals surface area contributed by atoms with E-state index < -0.39 is 22.9 Å². The summed E-state index contributed by atoms with van der Waals surface area (Å²) in [5.41, 5.74) is -0.823. The van der Waals surface area contributed by atoms with Crippen LogP contribution in [0.1, 0.15) is 5.56 Å². The van der Waals surface area contributed by atoms with E-state index in [-0.39, 0.29) is 5.56 Å². The molecule has 78 valence electrons. The van der Waals surface area contributed by atoms with Crippen LogP contribution in [0.2, 0.25) is 0 Å². The number of nitriles is 2. The van der Waals surface area contributed by atoms with Crippen LogP contribution in [-0.2, 0) is 4.79 Å². The molecule has 1 aromatic rings. The van der Waals surface area contributed by atoms with Gasteiger partial charge >= 0.3 is 5.97 Å². The van der Waals surface area contributed by atoms with Crippen molar-refractivity contribution in [2.24, 2.45) is 0 Å². The number of benzene rings is 1. The summed E-state index contributed by atoms with van der Waals surface area (Å²) in [4.78, 5) is 10.9. The maximum Gasteiger partial charge on any atom is 0.338 e. The highest BCUT2D eigenvalue weighted by molar-refractivity contribution is 6.18. The summed E-state index contributed by atoms with van der Waals surface area (Å²) in [6, 6.07) is 7.50. The molecule has 0 aliphatic carbocycles. The van der Waals surface area contributed by atoms with Gasteiger partial charge in [-0.1, -0.05) is 12.1 Å². The third-order valence-corrected chi connectivity index (χ3v) is 1.82. The van der Waals surface area contributed by atoms with E-state index in [0.29, 0.717) is 0 Å². The number of hydrogen-bond acceptors (Lipinski definition) is 3. The van der Waals surface area contributed by atoms with Crippen molar-refractivity contribution in [3.05, 3.63) is 41.2 Å². The van der Waals surface area contributed by atoms with Crippen molar-refractivity contribution in [2.45, 2.75) is 0 Å². The smallest absolute Gasteiger partial charge is 0.338 e. The van der Waals surface area contributed by atoms with Crippen molar-refractivity contribution in [2.75, 3.05) is 0 Å². The Morgan fingerprint density at radius 2 is 1.69 bits per heavy atom. The second-order valence-electron chi connectivity index (χ2n) is 2.79. The summed E-state index contributed by atoms with van der Waals surface area (Å²) in [6.07, 6.45) is 0. The average molecular weight is 216 g/mol. The maximum atomic E-state index is 12.6. The zero-order valence-corrected chi connectivity index (χ0v) is 7.94. The fourth-order valence-corrected chi connectivity index (χ4v) is 1.13. The Bertz CT molecular complexity index is 517. The van der Waals surface area contributed by atoms with Crippen LogP contribution in [0.5, 0.6) is 0 Å². The van der Waals surface area contributed by atoms with Gasteiger partial charge in [-0.05, 0) is 17.7 Å². The van der Waals surface area contributed by atoms with E-state index in [1.807, 2.05) is 0 Å². The summed E-state index contributed by atoms with van der Waals surface area (Å²) in [5.74, 6) is -1.92. The molecular weight excluding hydrogens is 211 g/mol. The molecule has 0 aromatic heterocycles. The van der Waals surface area contributed by atoms with Crippen LogP contribution in [0, 0.1) is 28.5 Å². The van der Waals surface area contributed by atoms with Gasteiger partial charge < -0.3 is 5.11 Å². The third-order valence-electron chi connectivity index (χ3n) is 1.82. The average Bonchev–Trinajstić information content (AvgIpc) is 2.27. The summed E-state index contributed by atoms with van der Waals surface area (Å²) in [6.45, 7) is 0. The van der Waals surface area contributed by atoms with Gasteiger partial charge in [0, 0.05) is 0 Å². The van der Waals surface area contributed by atoms with Gasteiger partial charge in [0.1, 0.15) is 23.5 Å². The van der Waals surface area contributed by atoms with E-state index in [9.17, 15) is 9.18 Å². The molecule has 0 fully saturated rings. The van der Waals surface area contributed by atoms with Crippen LogP contribution in [0.25, 0.3) is 5.57 Å². The molecule has 0 aliphatic rings. The van der Waals surface area contributed by atoms with Crippen molar-refractivity contribution in [3.8, 4) is 12.1 Å². The molecule has 0 spiro atoms. The third kappa shape index (κ3) is 2.23. The Labute approximate surface area is 90.5 Å². The summed E-state index contributed by atoms with van der Waals surface area (Å²) >= 11 is 0. The normalized spacial score (nSPS) is 8.69. The molecule has 0 atom stereocenters. The number of carboxylic acid groups (broad SMARTS) is 1. The van der Waals surface area contributed by atoms with Crippen molar-refractivity contribution >= 4 is 11.5 Å². The molecule has 0 bridgehead atoms. The lowest BCUT2D eigenvalue weighted by Crippen LogP contribution is -2.02. The first kappa shape index (κ1) is 11.4. The molecule has 1 rings (SSSR count). The lowest BCUT2D eigenvalue weighted by Gasteiger charge is -2.01. The first-order valence-electron chi connectivity index (χ1n) is 4.14. The molecule has 0 saturated heterocycles. The van der Waals surface area contributed by atoms with Gasteiger partial charge in [0.2, 0.25) is 0 Å². The molecule has 5 heteroatoms. The fraction of sp³-hybridized carbons (Fsp3) is 0. The highest BCUT2D eigenvalue weighted by Crippen LogP contribution is 2.19. The van der Waals surface area contributed by atoms with E-state index in [1.165, 1.54) is 24.3 Å². The number of nitrogens with zero attached hydrogens (tertiary/aromatic N) is 2. The molecule has 0 aliphatic heterocycles. The van der Waals surface area contributed by atoms with Gasteiger partial charge in [0.25, 0.3) is 0 Å². The minimum atomic E-state index is -1.40. The van der Waals surface area contributed by atoms with E-state index in [2.05, 4.69) is 0 Å². The van der Waals surface area contributed by atoms with Gasteiger partial charge in [0.05, 0.1) is 5.57 Å². The topological polar surface area (TPSA) is 84.9 Å². The molecule has 0 heterocycles. The van der Waals surface area contributed by atoms with Gasteiger partial charge in [-0.25, -0.2) is 9.18 Å². The Morgan fingerprint density at radius 3 is 2.06 bits per heavy atom. The second-order valence-corrected chi connectivity index (χ2v) is 2.79. The number of allylic oxidation sites excluding steroid dienone is 1. The van der Waals surface area contributed by atoms with Crippen LogP contribution in [0.15, 0.2) is 29.8 Å². The highest BCUT2D eigenvalue weighted by Gasteiger charge is 2.16. The molecule has 1 aromatic carbocycles. The first-order chi connectivity index (χ1) is 7.60. The molecule has 0 unspecified atom stereocenters. The van der Waals surface area contributed by atoms with Crippen LogP contribution < -0.4 is 0 Å². The lowest BCUT2D eigenvalue weighted by molar-refractivity contribution is -0.130. The molecule has 1 N–H and O–H groups in total. The molecular formula is C11H5FN2O2. The number of aliphatic carboxylic acids is 1. The largest absolute Gasteiger partial charge is 0.478 e. The zero-order valence-electron chi connectivity index (χ0n) is 7.94. The van der Waals surface area contributed by atoms with Crippen LogP contribution in [-0.4, -0.2) is 11.1 Å². The predicted octanol–water partition coefficient (Wildman–Crippen LogP) is 1.71. The van der Waals surface area contributed by atoms with E-state index in [4.69, 9.17) is 15.6 Å². The van der Waals surface area contributed by atoms with Crippen LogP contribution in [0.3, 0.4) is 0 Å². The zero-order chi connectivity index (χ0) is 12.1. The monoisotopic (exact) mass is 216 g/mol. The Morgan fingerprint density at radius 1 is 1.19 bits per heavy atom. The second kappa shape index (κ2) is 4.72. The molecule has 4 nitrogen and oxygen atoms in total. The Hall–Kier alpha value is -2.66. The van der Waals surface area contributed by atoms with Gasteiger partial charge in [0.15, 0.2) is 0 Å². The van der Waals surface area contributed by atoms with Gasteiger partial charge in [-0.3, -0.25) is 0 Å².